The van der Waals surface area contributed by atoms with E-state index in [1.807, 2.05) is 39.0 Å². The summed E-state index contributed by atoms with van der Waals surface area (Å²) >= 11 is 0. The number of nitrogens with one attached hydrogen (secondary N) is 2. The predicted molar refractivity (Wildman–Crippen MR) is 131 cm³/mol. The van der Waals surface area contributed by atoms with Gasteiger partial charge in [-0.15, -0.1) is 0 Å². The average molecular weight is 455 g/mol. The number of amides is 2. The number of aryl methyl sites for hydroxylation is 1. The van der Waals surface area contributed by atoms with E-state index in [-0.39, 0.29) is 17.9 Å². The highest BCUT2D eigenvalue weighted by atomic mass is 16.2. The Bertz CT molecular complexity index is 1310. The summed E-state index contributed by atoms with van der Waals surface area (Å²) in [6, 6.07) is 9.35. The Kier molecular flexibility index (Phi) is 5.16. The topological polar surface area (TPSA) is 102 Å². The Morgan fingerprint density at radius 3 is 2.68 bits per heavy atom. The number of hydrogen-bond donors (Lipinski definition) is 2. The van der Waals surface area contributed by atoms with E-state index in [1.54, 1.807) is 46.7 Å². The first kappa shape index (κ1) is 21.8. The van der Waals surface area contributed by atoms with Crippen molar-refractivity contribution in [2.75, 3.05) is 23.3 Å². The minimum Gasteiger partial charge on any atom is -0.377 e. The maximum atomic E-state index is 13.3. The molecule has 0 unspecified atom stereocenters. The summed E-state index contributed by atoms with van der Waals surface area (Å²) in [5, 5.41) is 11.0. The average Bonchev–Trinajstić information content (AvgIpc) is 3.00. The van der Waals surface area contributed by atoms with Gasteiger partial charge in [0.1, 0.15) is 0 Å². The molecule has 0 saturated carbocycles. The van der Waals surface area contributed by atoms with Crippen LogP contribution in [0.4, 0.5) is 11.4 Å². The van der Waals surface area contributed by atoms with Crippen molar-refractivity contribution in [2.24, 2.45) is 0 Å². The van der Waals surface area contributed by atoms with Crippen LogP contribution in [0.15, 0.2) is 55.1 Å². The maximum Gasteiger partial charge on any atom is 0.259 e. The molecule has 0 radical (unpaired) electrons. The van der Waals surface area contributed by atoms with Gasteiger partial charge in [-0.3, -0.25) is 24.5 Å². The second-order valence-electron chi connectivity index (χ2n) is 9.32. The van der Waals surface area contributed by atoms with Crippen LogP contribution in [-0.4, -0.2) is 52.0 Å². The number of benzene rings is 1. The first-order chi connectivity index (χ1) is 16.3. The largest absolute Gasteiger partial charge is 0.377 e. The third-order valence-electron chi connectivity index (χ3n) is 6.65. The van der Waals surface area contributed by atoms with Crippen LogP contribution in [-0.2, 0) is 5.54 Å². The molecule has 1 saturated heterocycles. The second kappa shape index (κ2) is 8.06. The normalized spacial score (nSPS) is 16.7. The molecule has 172 valence electrons. The summed E-state index contributed by atoms with van der Waals surface area (Å²) < 4.78 is 0. The molecule has 2 amide bonds. The van der Waals surface area contributed by atoms with Gasteiger partial charge in [-0.1, -0.05) is 6.07 Å². The molecule has 8 heteroatoms. The molecule has 2 aromatic heterocycles. The summed E-state index contributed by atoms with van der Waals surface area (Å²) in [7, 11) is 0. The van der Waals surface area contributed by atoms with Crippen LogP contribution >= 0.6 is 0 Å². The summed E-state index contributed by atoms with van der Waals surface area (Å²) in [6.07, 6.45) is 8.01. The van der Waals surface area contributed by atoms with E-state index in [4.69, 9.17) is 5.41 Å². The number of carbonyl (C=O) groups excluding carboxylic acids is 2. The summed E-state index contributed by atoms with van der Waals surface area (Å²) in [4.78, 5) is 38.0. The Morgan fingerprint density at radius 2 is 1.94 bits per heavy atom. The van der Waals surface area contributed by atoms with Gasteiger partial charge in [0.15, 0.2) is 0 Å². The molecule has 1 fully saturated rings. The number of rotatable bonds is 5. The van der Waals surface area contributed by atoms with Crippen molar-refractivity contribution >= 4 is 29.4 Å². The molecule has 0 spiro atoms. The highest BCUT2D eigenvalue weighted by molar-refractivity contribution is 6.12. The lowest BCUT2D eigenvalue weighted by Crippen LogP contribution is -2.57. The highest BCUT2D eigenvalue weighted by Gasteiger charge is 2.44. The van der Waals surface area contributed by atoms with Crippen molar-refractivity contribution in [3.05, 3.63) is 82.9 Å². The number of likely N-dealkylation sites (tertiary alicyclic amines) is 1. The van der Waals surface area contributed by atoms with Gasteiger partial charge >= 0.3 is 0 Å². The number of anilines is 2. The molecular formula is C26H26N6O2. The summed E-state index contributed by atoms with van der Waals surface area (Å²) in [5.74, 6) is -0.0928. The molecule has 5 rings (SSSR count). The number of aromatic nitrogens is 2. The zero-order valence-electron chi connectivity index (χ0n) is 19.4. The number of carbonyl (C=O) groups is 2. The third kappa shape index (κ3) is 3.51. The number of nitrogens with zero attached hydrogens (tertiary/aromatic N) is 4. The Labute approximate surface area is 198 Å². The van der Waals surface area contributed by atoms with Gasteiger partial charge in [-0.05, 0) is 61.7 Å². The van der Waals surface area contributed by atoms with Gasteiger partial charge in [0, 0.05) is 37.3 Å². The fourth-order valence-corrected chi connectivity index (χ4v) is 4.74. The molecule has 4 heterocycles. The first-order valence-electron chi connectivity index (χ1n) is 11.2. The van der Waals surface area contributed by atoms with E-state index >= 15 is 0 Å². The lowest BCUT2D eigenvalue weighted by atomic mass is 9.92. The third-order valence-corrected chi connectivity index (χ3v) is 6.65. The zero-order chi connectivity index (χ0) is 24.0. The molecule has 0 atom stereocenters. The standard InChI is InChI=1S/C26H26N6O2/c1-16-6-7-28-13-22(16)24(33)31-14-19(15-31)30-18-9-20(12-29-11-18)32-25(34)21-5-4-17(10-27)8-23(21)26(32,2)3/h4-13,19,27,30H,14-15H2,1-3H3. The van der Waals surface area contributed by atoms with Crippen molar-refractivity contribution in [3.8, 4) is 0 Å². The zero-order valence-corrected chi connectivity index (χ0v) is 19.4. The van der Waals surface area contributed by atoms with Crippen molar-refractivity contribution < 1.29 is 9.59 Å². The number of fused-ring (bicyclic) bond motifs is 1. The molecule has 8 nitrogen and oxygen atoms in total. The predicted octanol–water partition coefficient (Wildman–Crippen LogP) is 3.61. The molecule has 2 N–H and O–H groups in total. The molecule has 0 bridgehead atoms. The monoisotopic (exact) mass is 454 g/mol. The van der Waals surface area contributed by atoms with E-state index in [1.165, 1.54) is 6.21 Å². The van der Waals surface area contributed by atoms with Crippen LogP contribution in [0.1, 0.15) is 51.3 Å². The number of hydrogen-bond acceptors (Lipinski definition) is 6. The van der Waals surface area contributed by atoms with Crippen LogP contribution in [0.3, 0.4) is 0 Å². The molecule has 3 aromatic rings. The van der Waals surface area contributed by atoms with Crippen molar-refractivity contribution in [3.63, 3.8) is 0 Å². The van der Waals surface area contributed by atoms with Crippen LogP contribution in [0.25, 0.3) is 0 Å². The van der Waals surface area contributed by atoms with Crippen LogP contribution in [0, 0.1) is 12.3 Å². The molecule has 0 aliphatic carbocycles. The SMILES string of the molecule is Cc1ccncc1C(=O)N1CC(Nc2cncc(N3C(=O)c4ccc(C=N)cc4C3(C)C)c2)C1. The van der Waals surface area contributed by atoms with Crippen molar-refractivity contribution in [1.29, 1.82) is 5.41 Å². The van der Waals surface area contributed by atoms with E-state index < -0.39 is 5.54 Å². The van der Waals surface area contributed by atoms with E-state index in [2.05, 4.69) is 15.3 Å². The van der Waals surface area contributed by atoms with Gasteiger partial charge in [-0.2, -0.15) is 0 Å². The lowest BCUT2D eigenvalue weighted by Gasteiger charge is -2.40. The van der Waals surface area contributed by atoms with Gasteiger partial charge in [-0.25, -0.2) is 0 Å². The van der Waals surface area contributed by atoms with E-state index in [0.29, 0.717) is 29.9 Å². The Hall–Kier alpha value is -4.07. The maximum absolute atomic E-state index is 13.3. The fourth-order valence-electron chi connectivity index (χ4n) is 4.74. The van der Waals surface area contributed by atoms with Gasteiger partial charge in [0.25, 0.3) is 11.8 Å². The fraction of sp³-hybridized carbons (Fsp3) is 0.269. The summed E-state index contributed by atoms with van der Waals surface area (Å²) in [6.45, 7) is 7.08. The molecule has 2 aliphatic heterocycles. The minimum absolute atomic E-state index is 0.0120. The molecule has 2 aliphatic rings. The van der Waals surface area contributed by atoms with Crippen LogP contribution < -0.4 is 10.2 Å². The Morgan fingerprint density at radius 1 is 1.15 bits per heavy atom. The molecule has 34 heavy (non-hydrogen) atoms. The smallest absolute Gasteiger partial charge is 0.259 e. The van der Waals surface area contributed by atoms with E-state index in [0.717, 1.165) is 22.4 Å². The van der Waals surface area contributed by atoms with Crippen LogP contribution in [0.5, 0.6) is 0 Å². The van der Waals surface area contributed by atoms with Gasteiger partial charge < -0.3 is 15.6 Å². The lowest BCUT2D eigenvalue weighted by molar-refractivity contribution is 0.0624. The van der Waals surface area contributed by atoms with Crippen molar-refractivity contribution in [1.82, 2.24) is 14.9 Å². The van der Waals surface area contributed by atoms with Crippen LogP contribution in [0.2, 0.25) is 0 Å². The quantitative estimate of drug-likeness (QED) is 0.574. The molecule has 1 aromatic carbocycles. The van der Waals surface area contributed by atoms with Crippen molar-refractivity contribution in [2.45, 2.75) is 32.4 Å². The first-order valence-corrected chi connectivity index (χ1v) is 11.2. The van der Waals surface area contributed by atoms with E-state index in [9.17, 15) is 9.59 Å². The number of pyridine rings is 2. The summed E-state index contributed by atoms with van der Waals surface area (Å²) in [5.41, 5.74) is 4.78. The Balaban J connectivity index is 1.31. The second-order valence-corrected chi connectivity index (χ2v) is 9.32. The highest BCUT2D eigenvalue weighted by Crippen LogP contribution is 2.42. The van der Waals surface area contributed by atoms with Gasteiger partial charge in [0.2, 0.25) is 0 Å². The minimum atomic E-state index is -0.576. The molecular weight excluding hydrogens is 428 g/mol. The van der Waals surface area contributed by atoms with Gasteiger partial charge in [0.05, 0.1) is 40.9 Å².